The van der Waals surface area contributed by atoms with Crippen molar-refractivity contribution < 1.29 is 14.0 Å². The molecule has 2 amide bonds. The van der Waals surface area contributed by atoms with Crippen LogP contribution in [0.1, 0.15) is 29.0 Å². The molecule has 0 bridgehead atoms. The first-order valence-corrected chi connectivity index (χ1v) is 8.13. The molecule has 0 aliphatic carbocycles. The van der Waals surface area contributed by atoms with Gasteiger partial charge in [-0.2, -0.15) is 0 Å². The number of carbonyl (C=O) groups excluding carboxylic acids is 2. The summed E-state index contributed by atoms with van der Waals surface area (Å²) in [6, 6.07) is 7.28. The fourth-order valence-corrected chi connectivity index (χ4v) is 3.78. The zero-order chi connectivity index (χ0) is 16.7. The fourth-order valence-electron chi connectivity index (χ4n) is 3.78. The third-order valence-corrected chi connectivity index (χ3v) is 5.06. The summed E-state index contributed by atoms with van der Waals surface area (Å²) in [7, 11) is 0. The van der Waals surface area contributed by atoms with Crippen LogP contribution in [-0.2, 0) is 4.79 Å². The van der Waals surface area contributed by atoms with E-state index in [0.29, 0.717) is 43.2 Å². The molecule has 4 heterocycles. The predicted octanol–water partition coefficient (Wildman–Crippen LogP) is 2.25. The standard InChI is InChI=1S/C18H19N3O3/c1-13-14(5-9-24-13)17(23)20-8-6-18(11-20)10-16(22)21(12-18)15-4-2-3-7-19-15/h2-5,7,9H,6,8,10-12H2,1H3/t18-/m0/s1. The summed E-state index contributed by atoms with van der Waals surface area (Å²) in [5.74, 6) is 1.40. The van der Waals surface area contributed by atoms with E-state index in [1.807, 2.05) is 23.1 Å². The van der Waals surface area contributed by atoms with Gasteiger partial charge in [0.05, 0.1) is 11.8 Å². The Kier molecular flexibility index (Phi) is 3.40. The van der Waals surface area contributed by atoms with Crippen molar-refractivity contribution in [1.82, 2.24) is 9.88 Å². The van der Waals surface area contributed by atoms with E-state index in [-0.39, 0.29) is 17.2 Å². The maximum atomic E-state index is 12.7. The van der Waals surface area contributed by atoms with Gasteiger partial charge in [-0.25, -0.2) is 4.98 Å². The molecule has 2 aromatic heterocycles. The van der Waals surface area contributed by atoms with Gasteiger partial charge in [0.15, 0.2) is 0 Å². The Hall–Kier alpha value is -2.63. The van der Waals surface area contributed by atoms with Crippen molar-refractivity contribution in [1.29, 1.82) is 0 Å². The molecule has 2 aromatic rings. The van der Waals surface area contributed by atoms with Crippen LogP contribution in [0.5, 0.6) is 0 Å². The van der Waals surface area contributed by atoms with Crippen LogP contribution in [0.2, 0.25) is 0 Å². The molecule has 2 aliphatic heterocycles. The van der Waals surface area contributed by atoms with Crippen molar-refractivity contribution in [3.63, 3.8) is 0 Å². The number of hydrogen-bond acceptors (Lipinski definition) is 4. The Morgan fingerprint density at radius 2 is 2.17 bits per heavy atom. The van der Waals surface area contributed by atoms with Crippen LogP contribution < -0.4 is 4.90 Å². The summed E-state index contributed by atoms with van der Waals surface area (Å²) in [5.41, 5.74) is 0.444. The first-order chi connectivity index (χ1) is 11.6. The Bertz CT molecular complexity index is 786. The van der Waals surface area contributed by atoms with Gasteiger partial charge in [-0.15, -0.1) is 0 Å². The zero-order valence-electron chi connectivity index (χ0n) is 13.6. The Labute approximate surface area is 140 Å². The molecule has 0 saturated carbocycles. The fraction of sp³-hybridized carbons (Fsp3) is 0.389. The van der Waals surface area contributed by atoms with Crippen LogP contribution in [0.15, 0.2) is 41.1 Å². The molecule has 2 aliphatic rings. The second kappa shape index (κ2) is 5.47. The van der Waals surface area contributed by atoms with E-state index >= 15 is 0 Å². The number of aryl methyl sites for hydroxylation is 1. The van der Waals surface area contributed by atoms with Crippen LogP contribution >= 0.6 is 0 Å². The van der Waals surface area contributed by atoms with Gasteiger partial charge in [0.1, 0.15) is 11.6 Å². The van der Waals surface area contributed by atoms with Crippen LogP contribution in [0.4, 0.5) is 5.82 Å². The Balaban J connectivity index is 1.51. The van der Waals surface area contributed by atoms with Gasteiger partial charge < -0.3 is 9.32 Å². The molecular formula is C18H19N3O3. The summed E-state index contributed by atoms with van der Waals surface area (Å²) >= 11 is 0. The van der Waals surface area contributed by atoms with Crippen molar-refractivity contribution in [2.45, 2.75) is 19.8 Å². The highest BCUT2D eigenvalue weighted by Gasteiger charge is 2.49. The molecule has 0 N–H and O–H groups in total. The molecule has 24 heavy (non-hydrogen) atoms. The van der Waals surface area contributed by atoms with E-state index in [9.17, 15) is 9.59 Å². The predicted molar refractivity (Wildman–Crippen MR) is 87.6 cm³/mol. The van der Waals surface area contributed by atoms with Crippen LogP contribution in [0.3, 0.4) is 0 Å². The molecule has 6 nitrogen and oxygen atoms in total. The number of pyridine rings is 1. The topological polar surface area (TPSA) is 66.7 Å². The van der Waals surface area contributed by atoms with Crippen LogP contribution in [0.25, 0.3) is 0 Å². The van der Waals surface area contributed by atoms with E-state index in [0.717, 1.165) is 6.42 Å². The normalized spacial score (nSPS) is 23.5. The average Bonchev–Trinajstić information content (AvgIpc) is 3.28. The number of likely N-dealkylation sites (tertiary alicyclic amines) is 1. The van der Waals surface area contributed by atoms with Crippen molar-refractivity contribution in [3.05, 3.63) is 48.0 Å². The largest absolute Gasteiger partial charge is 0.469 e. The third kappa shape index (κ3) is 2.38. The number of anilines is 1. The lowest BCUT2D eigenvalue weighted by Crippen LogP contribution is -2.34. The molecule has 4 rings (SSSR count). The van der Waals surface area contributed by atoms with Gasteiger partial charge in [0, 0.05) is 37.7 Å². The van der Waals surface area contributed by atoms with E-state index in [2.05, 4.69) is 4.98 Å². The number of hydrogen-bond donors (Lipinski definition) is 0. The second-order valence-electron chi connectivity index (χ2n) is 6.71. The van der Waals surface area contributed by atoms with Gasteiger partial charge >= 0.3 is 0 Å². The van der Waals surface area contributed by atoms with Gasteiger partial charge in [-0.05, 0) is 31.5 Å². The molecule has 1 atom stereocenters. The van der Waals surface area contributed by atoms with E-state index < -0.39 is 0 Å². The molecule has 1 spiro atoms. The van der Waals surface area contributed by atoms with E-state index in [4.69, 9.17) is 4.42 Å². The number of carbonyl (C=O) groups is 2. The molecule has 124 valence electrons. The smallest absolute Gasteiger partial charge is 0.257 e. The van der Waals surface area contributed by atoms with Crippen molar-refractivity contribution in [2.24, 2.45) is 5.41 Å². The van der Waals surface area contributed by atoms with Gasteiger partial charge in [0.2, 0.25) is 5.91 Å². The third-order valence-electron chi connectivity index (χ3n) is 5.06. The molecule has 0 unspecified atom stereocenters. The summed E-state index contributed by atoms with van der Waals surface area (Å²) < 4.78 is 5.24. The quantitative estimate of drug-likeness (QED) is 0.849. The Morgan fingerprint density at radius 3 is 2.88 bits per heavy atom. The van der Waals surface area contributed by atoms with E-state index in [1.54, 1.807) is 24.1 Å². The summed E-state index contributed by atoms with van der Waals surface area (Å²) in [5, 5.41) is 0. The highest BCUT2D eigenvalue weighted by Crippen LogP contribution is 2.41. The van der Waals surface area contributed by atoms with Gasteiger partial charge in [-0.1, -0.05) is 6.07 Å². The number of furan rings is 1. The maximum absolute atomic E-state index is 12.7. The second-order valence-corrected chi connectivity index (χ2v) is 6.71. The first kappa shape index (κ1) is 14.9. The molecule has 2 fully saturated rings. The minimum absolute atomic E-state index is 0.0122. The number of rotatable bonds is 2. The SMILES string of the molecule is Cc1occc1C(=O)N1CC[C@]2(CC(=O)N(c3ccccn3)C2)C1. The van der Waals surface area contributed by atoms with Crippen molar-refractivity contribution >= 4 is 17.6 Å². The molecular weight excluding hydrogens is 306 g/mol. The first-order valence-electron chi connectivity index (χ1n) is 8.13. The maximum Gasteiger partial charge on any atom is 0.257 e. The van der Waals surface area contributed by atoms with Gasteiger partial charge in [-0.3, -0.25) is 14.5 Å². The average molecular weight is 325 g/mol. The summed E-state index contributed by atoms with van der Waals surface area (Å²) in [6.07, 6.45) is 4.54. The van der Waals surface area contributed by atoms with Crippen LogP contribution in [0, 0.1) is 12.3 Å². The lowest BCUT2D eigenvalue weighted by molar-refractivity contribution is -0.117. The summed E-state index contributed by atoms with van der Waals surface area (Å²) in [4.78, 5) is 33.0. The highest BCUT2D eigenvalue weighted by atomic mass is 16.3. The highest BCUT2D eigenvalue weighted by molar-refractivity contribution is 5.97. The minimum atomic E-state index is -0.165. The lowest BCUT2D eigenvalue weighted by atomic mass is 9.86. The molecule has 2 saturated heterocycles. The molecule has 0 aromatic carbocycles. The number of aromatic nitrogens is 1. The minimum Gasteiger partial charge on any atom is -0.469 e. The van der Waals surface area contributed by atoms with E-state index in [1.165, 1.54) is 6.26 Å². The van der Waals surface area contributed by atoms with Gasteiger partial charge in [0.25, 0.3) is 5.91 Å². The molecule has 0 radical (unpaired) electrons. The number of nitrogens with zero attached hydrogens (tertiary/aromatic N) is 3. The monoisotopic (exact) mass is 325 g/mol. The van der Waals surface area contributed by atoms with Crippen molar-refractivity contribution in [2.75, 3.05) is 24.5 Å². The van der Waals surface area contributed by atoms with Crippen molar-refractivity contribution in [3.8, 4) is 0 Å². The number of amides is 2. The summed E-state index contributed by atoms with van der Waals surface area (Å²) in [6.45, 7) is 3.69. The Morgan fingerprint density at radius 1 is 1.29 bits per heavy atom. The zero-order valence-corrected chi connectivity index (χ0v) is 13.6. The molecule has 6 heteroatoms. The van der Waals surface area contributed by atoms with Crippen LogP contribution in [-0.4, -0.2) is 41.3 Å². The lowest BCUT2D eigenvalue weighted by Gasteiger charge is -2.23.